The van der Waals surface area contributed by atoms with Crippen LogP contribution in [0, 0.1) is 0 Å². The summed E-state index contributed by atoms with van der Waals surface area (Å²) in [5.74, 6) is 0.993. The summed E-state index contributed by atoms with van der Waals surface area (Å²) >= 11 is 1.34. The molecule has 0 saturated heterocycles. The van der Waals surface area contributed by atoms with Gasteiger partial charge in [-0.1, -0.05) is 30.0 Å². The number of nitrogens with one attached hydrogen (secondary N) is 1. The van der Waals surface area contributed by atoms with Crippen molar-refractivity contribution in [3.05, 3.63) is 54.1 Å². The highest BCUT2D eigenvalue weighted by molar-refractivity contribution is 8.00. The number of alkyl halides is 3. The molecule has 3 aromatic rings. The second kappa shape index (κ2) is 6.98. The zero-order chi connectivity index (χ0) is 17.2. The molecule has 0 fully saturated rings. The van der Waals surface area contributed by atoms with Gasteiger partial charge >= 0.3 is 6.18 Å². The Bertz CT molecular complexity index is 863. The second-order valence-corrected chi connectivity index (χ2v) is 7.64. The number of aromatic amines is 1. The van der Waals surface area contributed by atoms with Gasteiger partial charge in [-0.05, 0) is 30.3 Å². The number of fused-ring (bicyclic) bond motifs is 1. The maximum absolute atomic E-state index is 12.7. The van der Waals surface area contributed by atoms with Crippen LogP contribution in [-0.2, 0) is 17.0 Å². The Kier molecular flexibility index (Phi) is 4.96. The number of rotatable bonds is 5. The Morgan fingerprint density at radius 2 is 1.88 bits per heavy atom. The van der Waals surface area contributed by atoms with Gasteiger partial charge in [0, 0.05) is 16.4 Å². The summed E-state index contributed by atoms with van der Waals surface area (Å²) in [5, 5.41) is 0.523. The van der Waals surface area contributed by atoms with Gasteiger partial charge in [-0.15, -0.1) is 0 Å². The summed E-state index contributed by atoms with van der Waals surface area (Å²) < 4.78 is 50.2. The molecular formula is C16H13F3N2OS2. The molecule has 1 atom stereocenters. The fraction of sp³-hybridized carbons (Fsp3) is 0.188. The number of aromatic nitrogens is 2. The van der Waals surface area contributed by atoms with Gasteiger partial charge in [0.15, 0.2) is 5.16 Å². The molecule has 2 aromatic carbocycles. The van der Waals surface area contributed by atoms with Gasteiger partial charge in [-0.2, -0.15) is 13.2 Å². The van der Waals surface area contributed by atoms with Gasteiger partial charge in [-0.25, -0.2) is 4.98 Å². The van der Waals surface area contributed by atoms with Gasteiger partial charge in [0.2, 0.25) is 0 Å². The minimum Gasteiger partial charge on any atom is -0.333 e. The molecule has 24 heavy (non-hydrogen) atoms. The Morgan fingerprint density at radius 1 is 1.12 bits per heavy atom. The van der Waals surface area contributed by atoms with Crippen LogP contribution in [0.25, 0.3) is 11.0 Å². The third kappa shape index (κ3) is 3.99. The highest BCUT2D eigenvalue weighted by Crippen LogP contribution is 2.31. The lowest BCUT2D eigenvalue weighted by molar-refractivity contribution is -0.137. The van der Waals surface area contributed by atoms with Crippen LogP contribution < -0.4 is 0 Å². The van der Waals surface area contributed by atoms with E-state index in [1.165, 1.54) is 17.8 Å². The van der Waals surface area contributed by atoms with Crippen molar-refractivity contribution in [1.82, 2.24) is 9.97 Å². The van der Waals surface area contributed by atoms with E-state index in [2.05, 4.69) is 9.97 Å². The lowest BCUT2D eigenvalue weighted by atomic mass is 10.2. The van der Waals surface area contributed by atoms with Crippen molar-refractivity contribution >= 4 is 33.6 Å². The van der Waals surface area contributed by atoms with E-state index < -0.39 is 22.5 Å². The van der Waals surface area contributed by atoms with E-state index in [0.29, 0.717) is 27.7 Å². The number of benzene rings is 2. The maximum Gasteiger partial charge on any atom is 0.416 e. The molecule has 0 unspecified atom stereocenters. The Morgan fingerprint density at radius 3 is 2.58 bits per heavy atom. The molecule has 0 aliphatic heterocycles. The van der Waals surface area contributed by atoms with Crippen molar-refractivity contribution in [2.75, 3.05) is 11.5 Å². The van der Waals surface area contributed by atoms with Crippen LogP contribution >= 0.6 is 11.8 Å². The second-order valence-electron chi connectivity index (χ2n) is 4.98. The van der Waals surface area contributed by atoms with Crippen LogP contribution in [0.5, 0.6) is 0 Å². The number of H-pyrrole nitrogens is 1. The van der Waals surface area contributed by atoms with Crippen molar-refractivity contribution in [1.29, 1.82) is 0 Å². The molecule has 1 heterocycles. The Hall–Kier alpha value is -1.80. The van der Waals surface area contributed by atoms with Crippen LogP contribution in [0.2, 0.25) is 0 Å². The molecule has 126 valence electrons. The summed E-state index contributed by atoms with van der Waals surface area (Å²) in [5.41, 5.74) is 0.117. The normalized spacial score (nSPS) is 13.3. The van der Waals surface area contributed by atoms with Gasteiger partial charge in [0.25, 0.3) is 0 Å². The molecule has 0 bridgehead atoms. The number of thioether (sulfide) groups is 1. The van der Waals surface area contributed by atoms with E-state index in [1.807, 2.05) is 18.2 Å². The van der Waals surface area contributed by atoms with E-state index >= 15 is 0 Å². The van der Waals surface area contributed by atoms with E-state index in [0.717, 1.165) is 17.0 Å². The van der Waals surface area contributed by atoms with Crippen LogP contribution in [0.4, 0.5) is 13.2 Å². The maximum atomic E-state index is 12.7. The van der Waals surface area contributed by atoms with Crippen molar-refractivity contribution in [2.24, 2.45) is 0 Å². The predicted molar refractivity (Wildman–Crippen MR) is 89.5 cm³/mol. The lowest BCUT2D eigenvalue weighted by Gasteiger charge is -2.05. The highest BCUT2D eigenvalue weighted by atomic mass is 32.2. The molecular weight excluding hydrogens is 357 g/mol. The molecule has 0 spiro atoms. The summed E-state index contributed by atoms with van der Waals surface area (Å²) in [7, 11) is -1.10. The first-order valence-corrected chi connectivity index (χ1v) is 9.37. The molecule has 0 saturated carbocycles. The van der Waals surface area contributed by atoms with Gasteiger partial charge in [-0.3, -0.25) is 4.21 Å². The minimum atomic E-state index is -4.38. The molecule has 0 amide bonds. The molecule has 3 rings (SSSR count). The summed E-state index contributed by atoms with van der Waals surface area (Å²) in [4.78, 5) is 7.88. The fourth-order valence-corrected chi connectivity index (χ4v) is 4.31. The first-order valence-electron chi connectivity index (χ1n) is 7.07. The highest BCUT2D eigenvalue weighted by Gasteiger charge is 2.30. The smallest absolute Gasteiger partial charge is 0.333 e. The molecule has 1 aromatic heterocycles. The zero-order valence-electron chi connectivity index (χ0n) is 12.3. The fourth-order valence-electron chi connectivity index (χ4n) is 2.14. The SMILES string of the molecule is O=[S@](CCSc1nc2ccc(C(F)(F)F)cc2[nH]1)c1ccccc1. The van der Waals surface area contributed by atoms with E-state index in [4.69, 9.17) is 0 Å². The van der Waals surface area contributed by atoms with Gasteiger partial charge in [0.1, 0.15) is 0 Å². The number of hydrogen-bond acceptors (Lipinski definition) is 3. The first kappa shape index (κ1) is 17.0. The summed E-state index contributed by atoms with van der Waals surface area (Å²) in [6.07, 6.45) is -4.38. The first-order chi connectivity index (χ1) is 11.4. The molecule has 3 nitrogen and oxygen atoms in total. The largest absolute Gasteiger partial charge is 0.416 e. The lowest BCUT2D eigenvalue weighted by Crippen LogP contribution is -2.04. The van der Waals surface area contributed by atoms with Crippen LogP contribution in [0.15, 0.2) is 58.6 Å². The molecule has 0 aliphatic carbocycles. The van der Waals surface area contributed by atoms with Crippen molar-refractivity contribution in [2.45, 2.75) is 16.2 Å². The minimum absolute atomic E-state index is 0.344. The third-order valence-corrected chi connectivity index (χ3v) is 5.81. The van der Waals surface area contributed by atoms with E-state index in [9.17, 15) is 17.4 Å². The van der Waals surface area contributed by atoms with E-state index in [-0.39, 0.29) is 0 Å². The Labute approximate surface area is 143 Å². The standard InChI is InChI=1S/C16H13F3N2OS2/c17-16(18,19)11-6-7-13-14(10-11)21-15(20-13)23-8-9-24(22)12-4-2-1-3-5-12/h1-7,10H,8-9H2,(H,20,21)/t24-/m1/s1. The van der Waals surface area contributed by atoms with Crippen LogP contribution in [-0.4, -0.2) is 25.7 Å². The number of halogens is 3. The predicted octanol–water partition coefficient (Wildman–Crippen LogP) is 4.48. The van der Waals surface area contributed by atoms with Crippen molar-refractivity contribution in [3.63, 3.8) is 0 Å². The monoisotopic (exact) mass is 370 g/mol. The van der Waals surface area contributed by atoms with Crippen molar-refractivity contribution in [3.8, 4) is 0 Å². The molecule has 0 radical (unpaired) electrons. The third-order valence-electron chi connectivity index (χ3n) is 3.30. The molecule has 0 aliphatic rings. The topological polar surface area (TPSA) is 45.8 Å². The summed E-state index contributed by atoms with van der Waals surface area (Å²) in [6, 6.07) is 12.5. The molecule has 8 heteroatoms. The molecule has 1 N–H and O–H groups in total. The quantitative estimate of drug-likeness (QED) is 0.674. The van der Waals surface area contributed by atoms with E-state index in [1.54, 1.807) is 12.1 Å². The average molecular weight is 370 g/mol. The van der Waals surface area contributed by atoms with Crippen LogP contribution in [0.1, 0.15) is 5.56 Å². The zero-order valence-corrected chi connectivity index (χ0v) is 14.0. The summed E-state index contributed by atoms with van der Waals surface area (Å²) in [6.45, 7) is 0. The average Bonchev–Trinajstić information content (AvgIpc) is 2.96. The number of hydrogen-bond donors (Lipinski definition) is 1. The van der Waals surface area contributed by atoms with Crippen molar-refractivity contribution < 1.29 is 17.4 Å². The van der Waals surface area contributed by atoms with Crippen LogP contribution in [0.3, 0.4) is 0 Å². The Balaban J connectivity index is 1.64. The van der Waals surface area contributed by atoms with Gasteiger partial charge < -0.3 is 4.98 Å². The number of imidazole rings is 1. The number of nitrogens with zero attached hydrogens (tertiary/aromatic N) is 1. The van der Waals surface area contributed by atoms with Gasteiger partial charge in [0.05, 0.1) is 27.4 Å².